The van der Waals surface area contributed by atoms with E-state index in [4.69, 9.17) is 15.0 Å². The summed E-state index contributed by atoms with van der Waals surface area (Å²) in [6.07, 6.45) is 7.34. The van der Waals surface area contributed by atoms with Crippen molar-refractivity contribution in [1.29, 1.82) is 0 Å². The number of amidine groups is 1. The largest absolute Gasteiger partial charge is 0.341 e. The number of allylic oxidation sites excluding steroid dienone is 1. The first kappa shape index (κ1) is 38.6. The van der Waals surface area contributed by atoms with Crippen LogP contribution < -0.4 is 10.6 Å². The van der Waals surface area contributed by atoms with E-state index in [0.717, 1.165) is 96.1 Å². The molecule has 1 aliphatic rings. The molecule has 0 radical (unpaired) electrons. The van der Waals surface area contributed by atoms with Gasteiger partial charge in [0.2, 0.25) is 5.91 Å². The topological polar surface area (TPSA) is 112 Å². The smallest absolute Gasteiger partial charge is 0.257 e. The fourth-order valence-corrected chi connectivity index (χ4v) is 9.16. The Bertz CT molecular complexity index is 2670. The van der Waals surface area contributed by atoms with Crippen molar-refractivity contribution in [2.75, 3.05) is 5.32 Å². The van der Waals surface area contributed by atoms with Gasteiger partial charge in [-0.25, -0.2) is 15.0 Å². The number of anilines is 1. The first-order chi connectivity index (χ1) is 28.3. The number of nitrogens with one attached hydrogen (secondary N) is 3. The molecule has 8 rings (SSSR count). The number of H-pyrrole nitrogens is 1. The number of aromatic amines is 1. The van der Waals surface area contributed by atoms with Crippen molar-refractivity contribution < 1.29 is 9.59 Å². The number of hydrogen-bond acceptors (Lipinski definition) is 7. The van der Waals surface area contributed by atoms with Gasteiger partial charge in [-0.15, -0.1) is 22.7 Å². The third kappa shape index (κ3) is 7.73. The van der Waals surface area contributed by atoms with E-state index in [0.29, 0.717) is 22.9 Å². The standard InChI is InChI=1S/C48H44N6O2S2/c1-5-7-18-31(6-2)45(55)53-44-42(48-52-35-24-14-15-25-38(35)58-48)40(33-21-12-9-13-22-33)37(51-44)28-36-39(32-19-10-8-11-20-32)41(47-49-26-27-57-47)43(50-36)54-46(56)34-23-16-17-29(3)30(34)4/h8-17,19-28,31,51H,5-7,18H2,1-4H3,(H,53,55)(H,50,54,56). The van der Waals surface area contributed by atoms with E-state index in [1.165, 1.54) is 11.3 Å². The molecule has 4 aromatic carbocycles. The normalized spacial score (nSPS) is 13.9. The molecule has 0 bridgehead atoms. The summed E-state index contributed by atoms with van der Waals surface area (Å²) in [6.45, 7) is 8.18. The Morgan fingerprint density at radius 2 is 1.55 bits per heavy atom. The minimum Gasteiger partial charge on any atom is -0.341 e. The molecule has 7 aromatic rings. The van der Waals surface area contributed by atoms with E-state index < -0.39 is 0 Å². The number of carbonyl (C=O) groups is 2. The van der Waals surface area contributed by atoms with Gasteiger partial charge in [0.1, 0.15) is 21.7 Å². The molecular formula is C48H44N6O2S2. The molecule has 0 fully saturated rings. The number of unbranched alkanes of at least 4 members (excludes halogenated alkanes) is 1. The Labute approximate surface area is 346 Å². The van der Waals surface area contributed by atoms with Crippen LogP contribution in [0.25, 0.3) is 49.1 Å². The number of nitrogens with zero attached hydrogens (tertiary/aromatic N) is 3. The molecule has 1 atom stereocenters. The van der Waals surface area contributed by atoms with Crippen LogP contribution in [0.15, 0.2) is 125 Å². The maximum atomic E-state index is 14.1. The number of aromatic nitrogens is 3. The minimum absolute atomic E-state index is 0.0235. The fourth-order valence-electron chi connectivity index (χ4n) is 7.45. The fraction of sp³-hybridized carbons (Fsp3) is 0.188. The van der Waals surface area contributed by atoms with E-state index in [1.54, 1.807) is 17.5 Å². The zero-order valence-corrected chi connectivity index (χ0v) is 34.6. The van der Waals surface area contributed by atoms with Gasteiger partial charge in [0.15, 0.2) is 0 Å². The van der Waals surface area contributed by atoms with Gasteiger partial charge in [-0.3, -0.25) is 9.59 Å². The molecule has 8 nitrogen and oxygen atoms in total. The number of carbonyl (C=O) groups excluding carboxylic acids is 2. The van der Waals surface area contributed by atoms with Crippen LogP contribution in [0.1, 0.15) is 77.3 Å². The molecule has 3 N–H and O–H groups in total. The van der Waals surface area contributed by atoms with E-state index >= 15 is 0 Å². The van der Waals surface area contributed by atoms with Crippen molar-refractivity contribution in [1.82, 2.24) is 20.3 Å². The van der Waals surface area contributed by atoms with Gasteiger partial charge in [-0.05, 0) is 73.2 Å². The number of aryl methyl sites for hydroxylation is 1. The third-order valence-electron chi connectivity index (χ3n) is 10.7. The zero-order valence-electron chi connectivity index (χ0n) is 32.9. The van der Waals surface area contributed by atoms with Crippen molar-refractivity contribution in [2.45, 2.75) is 53.4 Å². The number of benzene rings is 4. The SMILES string of the molecule is CCCCC(CC)C(=O)Nc1[nH]c(C=C2N=C(NC(=O)c3cccc(C)c3C)C(c3nccs3)=C2c2ccccc2)c(-c2ccccc2)c1-c1nc2ccccc2s1. The summed E-state index contributed by atoms with van der Waals surface area (Å²) in [5.41, 5.74) is 9.93. The van der Waals surface area contributed by atoms with Crippen LogP contribution in [0.5, 0.6) is 0 Å². The quantitative estimate of drug-likeness (QED) is 0.114. The van der Waals surface area contributed by atoms with E-state index in [2.05, 4.69) is 47.7 Å². The number of thiazole rings is 2. The second-order valence-corrected chi connectivity index (χ2v) is 16.3. The number of fused-ring (bicyclic) bond motifs is 1. The summed E-state index contributed by atoms with van der Waals surface area (Å²) in [6, 6.07) is 34.1. The first-order valence-corrected chi connectivity index (χ1v) is 21.4. The third-order valence-corrected chi connectivity index (χ3v) is 12.5. The molecule has 290 valence electrons. The molecular weight excluding hydrogens is 757 g/mol. The molecule has 58 heavy (non-hydrogen) atoms. The molecule has 4 heterocycles. The van der Waals surface area contributed by atoms with Crippen molar-refractivity contribution in [3.05, 3.63) is 153 Å². The molecule has 0 saturated heterocycles. The minimum atomic E-state index is -0.246. The van der Waals surface area contributed by atoms with Gasteiger partial charge >= 0.3 is 0 Å². The predicted molar refractivity (Wildman–Crippen MR) is 241 cm³/mol. The zero-order chi connectivity index (χ0) is 40.2. The van der Waals surface area contributed by atoms with Crippen LogP contribution in [0.3, 0.4) is 0 Å². The molecule has 0 spiro atoms. The van der Waals surface area contributed by atoms with Gasteiger partial charge in [0.05, 0.1) is 32.7 Å². The van der Waals surface area contributed by atoms with Gasteiger partial charge in [-0.2, -0.15) is 0 Å². The Balaban J connectivity index is 1.37. The van der Waals surface area contributed by atoms with Crippen LogP contribution >= 0.6 is 22.7 Å². The number of para-hydroxylation sites is 1. The second-order valence-electron chi connectivity index (χ2n) is 14.4. The average Bonchev–Trinajstić information content (AvgIpc) is 4.05. The molecule has 1 unspecified atom stereocenters. The van der Waals surface area contributed by atoms with Crippen molar-refractivity contribution in [3.8, 4) is 21.7 Å². The number of hydrogen-bond donors (Lipinski definition) is 3. The van der Waals surface area contributed by atoms with E-state index in [-0.39, 0.29) is 17.7 Å². The van der Waals surface area contributed by atoms with E-state index in [9.17, 15) is 9.59 Å². The number of aliphatic imine (C=N–C) groups is 1. The number of amides is 2. The summed E-state index contributed by atoms with van der Waals surface area (Å²) >= 11 is 3.09. The van der Waals surface area contributed by atoms with Gasteiger partial charge in [-0.1, -0.05) is 112 Å². The maximum absolute atomic E-state index is 14.1. The highest BCUT2D eigenvalue weighted by molar-refractivity contribution is 7.21. The Morgan fingerprint density at radius 3 is 2.26 bits per heavy atom. The lowest BCUT2D eigenvalue weighted by Gasteiger charge is -2.15. The molecule has 0 saturated carbocycles. The van der Waals surface area contributed by atoms with Crippen LogP contribution in [-0.2, 0) is 4.79 Å². The average molecular weight is 801 g/mol. The lowest BCUT2D eigenvalue weighted by atomic mass is 9.96. The first-order valence-electron chi connectivity index (χ1n) is 19.7. The van der Waals surface area contributed by atoms with E-state index in [1.807, 2.05) is 110 Å². The summed E-state index contributed by atoms with van der Waals surface area (Å²) in [5, 5.41) is 9.97. The lowest BCUT2D eigenvalue weighted by Crippen LogP contribution is -2.31. The number of rotatable bonds is 12. The maximum Gasteiger partial charge on any atom is 0.257 e. The Morgan fingerprint density at radius 1 is 0.810 bits per heavy atom. The highest BCUT2D eigenvalue weighted by atomic mass is 32.1. The summed E-state index contributed by atoms with van der Waals surface area (Å²) in [7, 11) is 0. The predicted octanol–water partition coefficient (Wildman–Crippen LogP) is 12.0. The van der Waals surface area contributed by atoms with Gasteiger partial charge < -0.3 is 15.6 Å². The van der Waals surface area contributed by atoms with Crippen molar-refractivity contribution >= 4 is 73.6 Å². The molecule has 1 aliphatic heterocycles. The summed E-state index contributed by atoms with van der Waals surface area (Å²) in [5.74, 6) is 0.597. The second kappa shape index (κ2) is 17.1. The highest BCUT2D eigenvalue weighted by Gasteiger charge is 2.32. The molecule has 2 amide bonds. The lowest BCUT2D eigenvalue weighted by molar-refractivity contribution is -0.120. The highest BCUT2D eigenvalue weighted by Crippen LogP contribution is 2.46. The summed E-state index contributed by atoms with van der Waals surface area (Å²) in [4.78, 5) is 46.9. The van der Waals surface area contributed by atoms with Crippen LogP contribution in [-0.4, -0.2) is 32.6 Å². The monoisotopic (exact) mass is 800 g/mol. The molecule has 10 heteroatoms. The molecule has 0 aliphatic carbocycles. The summed E-state index contributed by atoms with van der Waals surface area (Å²) < 4.78 is 1.05. The Kier molecular flexibility index (Phi) is 11.4. The van der Waals surface area contributed by atoms with Gasteiger partial charge in [0, 0.05) is 34.2 Å². The van der Waals surface area contributed by atoms with Crippen LogP contribution in [0.4, 0.5) is 5.82 Å². The van der Waals surface area contributed by atoms with Gasteiger partial charge in [0.25, 0.3) is 5.91 Å². The van der Waals surface area contributed by atoms with Crippen molar-refractivity contribution in [3.63, 3.8) is 0 Å². The Hall–Kier alpha value is -6.23. The van der Waals surface area contributed by atoms with Crippen LogP contribution in [0.2, 0.25) is 0 Å². The van der Waals surface area contributed by atoms with Crippen LogP contribution in [0, 0.1) is 19.8 Å². The van der Waals surface area contributed by atoms with Crippen molar-refractivity contribution in [2.24, 2.45) is 10.9 Å². The molecule has 3 aromatic heterocycles.